The fraction of sp³-hybridized carbons (Fsp3) is 0.200. The molecule has 2 aliphatic rings. The van der Waals surface area contributed by atoms with E-state index in [-0.39, 0.29) is 31.1 Å². The summed E-state index contributed by atoms with van der Waals surface area (Å²) in [6.07, 6.45) is 3.70. The lowest BCUT2D eigenvalue weighted by Crippen LogP contribution is -2.45. The molecule has 0 fully saturated rings. The van der Waals surface area contributed by atoms with Gasteiger partial charge in [-0.2, -0.15) is 0 Å². The number of aromatic nitrogens is 2. The van der Waals surface area contributed by atoms with Gasteiger partial charge in [0.25, 0.3) is 0 Å². The Morgan fingerprint density at radius 2 is 1.87 bits per heavy atom. The molecule has 0 radical (unpaired) electrons. The van der Waals surface area contributed by atoms with Crippen LogP contribution in [-0.2, 0) is 24.3 Å². The number of imidazole rings is 1. The summed E-state index contributed by atoms with van der Waals surface area (Å²) in [5, 5.41) is 0. The number of Topliss-reactive ketones (excluding diaryl/α,β-unsaturated/α-hetero) is 1. The van der Waals surface area contributed by atoms with Crippen LogP contribution in [0.15, 0.2) is 95.3 Å². The van der Waals surface area contributed by atoms with E-state index in [9.17, 15) is 9.18 Å². The summed E-state index contributed by atoms with van der Waals surface area (Å²) < 4.78 is 21.8. The van der Waals surface area contributed by atoms with Crippen LogP contribution in [0.5, 0.6) is 5.75 Å². The highest BCUT2D eigenvalue weighted by Crippen LogP contribution is 2.33. The molecule has 1 unspecified atom stereocenters. The number of methoxy groups -OCH3 is 1. The van der Waals surface area contributed by atoms with E-state index in [0.717, 1.165) is 22.5 Å². The molecule has 0 saturated carbocycles. The van der Waals surface area contributed by atoms with Crippen molar-refractivity contribution < 1.29 is 13.9 Å². The Kier molecular flexibility index (Phi) is 6.29. The molecular weight excluding hydrogens is 481 g/mol. The molecule has 38 heavy (non-hydrogen) atoms. The Hall–Kier alpha value is -4.59. The number of hydrogen-bond acceptors (Lipinski definition) is 6. The maximum Gasteiger partial charge on any atom is 0.163 e. The molecule has 3 aromatic carbocycles. The first-order valence-corrected chi connectivity index (χ1v) is 12.5. The van der Waals surface area contributed by atoms with Gasteiger partial charge in [0.2, 0.25) is 0 Å². The van der Waals surface area contributed by atoms with E-state index in [2.05, 4.69) is 17.1 Å². The van der Waals surface area contributed by atoms with Crippen LogP contribution in [0, 0.1) is 5.82 Å². The number of ether oxygens (including phenoxy) is 1. The third-order valence-electron chi connectivity index (χ3n) is 6.96. The van der Waals surface area contributed by atoms with Crippen LogP contribution >= 0.6 is 0 Å². The number of aliphatic imine (C=N–C) groups is 2. The van der Waals surface area contributed by atoms with E-state index in [1.807, 2.05) is 51.9 Å². The molecule has 0 N–H and O–H groups in total. The van der Waals surface area contributed by atoms with Gasteiger partial charge in [-0.1, -0.05) is 42.5 Å². The predicted molar refractivity (Wildman–Crippen MR) is 145 cm³/mol. The number of nitrogens with zero attached hydrogens (tertiary/aromatic N) is 5. The van der Waals surface area contributed by atoms with E-state index >= 15 is 0 Å². The second kappa shape index (κ2) is 10.0. The first-order valence-electron chi connectivity index (χ1n) is 12.5. The van der Waals surface area contributed by atoms with Crippen molar-refractivity contribution in [3.05, 3.63) is 114 Å². The number of benzene rings is 3. The topological polar surface area (TPSA) is 72.1 Å². The number of anilines is 1. The molecule has 0 amide bonds. The van der Waals surface area contributed by atoms with Crippen LogP contribution in [0.3, 0.4) is 0 Å². The summed E-state index contributed by atoms with van der Waals surface area (Å²) in [5.74, 6) is 0.918. The maximum atomic E-state index is 14.2. The standard InChI is InChI=1S/C30H26FN5O2/c1-38-28-10-6-5-9-24(28)29-30-34-17-26(36(30)25-12-11-22(31)13-21(25)15-33-29)27(37)14-23-16-32-19-35(23)18-20-7-3-2-4-8-20/h2-13,16,19,26H,14-15,17-18H2,1H3. The third-order valence-corrected chi connectivity index (χ3v) is 6.96. The van der Waals surface area contributed by atoms with Crippen molar-refractivity contribution in [3.8, 4) is 5.75 Å². The molecule has 1 aromatic heterocycles. The number of fused-ring (bicyclic) bond motifs is 3. The molecular formula is C30H26FN5O2. The van der Waals surface area contributed by atoms with E-state index < -0.39 is 6.04 Å². The SMILES string of the molecule is COc1ccccc1C1=NCc2cc(F)ccc2N2C1=NCC2C(=O)Cc1cncn1Cc1ccccc1. The third kappa shape index (κ3) is 4.38. The lowest BCUT2D eigenvalue weighted by atomic mass is 10.0. The zero-order chi connectivity index (χ0) is 26.1. The minimum absolute atomic E-state index is 0.00936. The van der Waals surface area contributed by atoms with Crippen LogP contribution in [0.25, 0.3) is 0 Å². The zero-order valence-corrected chi connectivity index (χ0v) is 20.9. The summed E-state index contributed by atoms with van der Waals surface area (Å²) in [5.41, 5.74) is 4.82. The van der Waals surface area contributed by atoms with Crippen LogP contribution in [0.4, 0.5) is 10.1 Å². The average molecular weight is 508 g/mol. The molecule has 190 valence electrons. The number of para-hydroxylation sites is 1. The highest BCUT2D eigenvalue weighted by molar-refractivity contribution is 6.53. The molecule has 3 heterocycles. The van der Waals surface area contributed by atoms with Gasteiger partial charge >= 0.3 is 0 Å². The number of carbonyl (C=O) groups is 1. The van der Waals surface area contributed by atoms with E-state index in [4.69, 9.17) is 14.7 Å². The zero-order valence-electron chi connectivity index (χ0n) is 20.9. The van der Waals surface area contributed by atoms with Crippen molar-refractivity contribution in [1.29, 1.82) is 0 Å². The van der Waals surface area contributed by atoms with Gasteiger partial charge in [-0.05, 0) is 35.9 Å². The number of halogens is 1. The number of amidine groups is 1. The van der Waals surface area contributed by atoms with Gasteiger partial charge < -0.3 is 14.2 Å². The van der Waals surface area contributed by atoms with Gasteiger partial charge in [0.05, 0.1) is 32.9 Å². The normalized spacial score (nSPS) is 16.3. The van der Waals surface area contributed by atoms with Gasteiger partial charge in [-0.3, -0.25) is 14.8 Å². The Morgan fingerprint density at radius 3 is 2.71 bits per heavy atom. The highest BCUT2D eigenvalue weighted by atomic mass is 19.1. The minimum atomic E-state index is -0.549. The van der Waals surface area contributed by atoms with Crippen molar-refractivity contribution in [2.45, 2.75) is 25.6 Å². The Labute approximate surface area is 220 Å². The van der Waals surface area contributed by atoms with Crippen LogP contribution in [0.2, 0.25) is 0 Å². The lowest BCUT2D eigenvalue weighted by molar-refractivity contribution is -0.119. The monoisotopic (exact) mass is 507 g/mol. The summed E-state index contributed by atoms with van der Waals surface area (Å²) in [4.78, 5) is 29.7. The van der Waals surface area contributed by atoms with Crippen LogP contribution < -0.4 is 9.64 Å². The highest BCUT2D eigenvalue weighted by Gasteiger charge is 2.39. The molecule has 1 atom stereocenters. The fourth-order valence-electron chi connectivity index (χ4n) is 5.11. The average Bonchev–Trinajstić information content (AvgIpc) is 3.53. The van der Waals surface area contributed by atoms with Gasteiger partial charge in [-0.25, -0.2) is 9.37 Å². The van der Waals surface area contributed by atoms with Gasteiger partial charge in [0, 0.05) is 35.2 Å². The molecule has 0 saturated heterocycles. The smallest absolute Gasteiger partial charge is 0.163 e. The molecule has 6 rings (SSSR count). The van der Waals surface area contributed by atoms with Gasteiger partial charge in [0.15, 0.2) is 11.6 Å². The minimum Gasteiger partial charge on any atom is -0.496 e. The van der Waals surface area contributed by atoms with Crippen molar-refractivity contribution in [3.63, 3.8) is 0 Å². The fourth-order valence-corrected chi connectivity index (χ4v) is 5.11. The Bertz CT molecular complexity index is 1560. The molecule has 7 nitrogen and oxygen atoms in total. The molecule has 8 heteroatoms. The van der Waals surface area contributed by atoms with Crippen molar-refractivity contribution >= 4 is 23.0 Å². The molecule has 0 spiro atoms. The van der Waals surface area contributed by atoms with Crippen molar-refractivity contribution in [1.82, 2.24) is 9.55 Å². The van der Waals surface area contributed by atoms with E-state index in [1.165, 1.54) is 12.1 Å². The van der Waals surface area contributed by atoms with Crippen molar-refractivity contribution in [2.75, 3.05) is 18.6 Å². The Balaban J connectivity index is 1.34. The first kappa shape index (κ1) is 23.8. The first-order chi connectivity index (χ1) is 18.6. The summed E-state index contributed by atoms with van der Waals surface area (Å²) >= 11 is 0. The maximum absolute atomic E-state index is 14.2. The summed E-state index contributed by atoms with van der Waals surface area (Å²) in [6.45, 7) is 1.18. The quantitative estimate of drug-likeness (QED) is 0.370. The number of carbonyl (C=O) groups excluding carboxylic acids is 1. The van der Waals surface area contributed by atoms with Gasteiger partial charge in [0.1, 0.15) is 23.3 Å². The Morgan fingerprint density at radius 1 is 1.05 bits per heavy atom. The molecule has 4 aromatic rings. The number of hydrogen-bond donors (Lipinski definition) is 0. The van der Waals surface area contributed by atoms with Crippen molar-refractivity contribution in [2.24, 2.45) is 9.98 Å². The second-order valence-electron chi connectivity index (χ2n) is 9.33. The summed E-state index contributed by atoms with van der Waals surface area (Å²) in [6, 6.07) is 21.7. The van der Waals surface area contributed by atoms with Crippen LogP contribution in [0.1, 0.15) is 22.4 Å². The molecule has 2 aliphatic heterocycles. The van der Waals surface area contributed by atoms with Crippen LogP contribution in [-0.4, -0.2) is 46.6 Å². The van der Waals surface area contributed by atoms with E-state index in [0.29, 0.717) is 29.4 Å². The molecule has 0 aliphatic carbocycles. The predicted octanol–water partition coefficient (Wildman–Crippen LogP) is 4.48. The van der Waals surface area contributed by atoms with Gasteiger partial charge in [-0.15, -0.1) is 0 Å². The van der Waals surface area contributed by atoms with E-state index in [1.54, 1.807) is 25.7 Å². The second-order valence-corrected chi connectivity index (χ2v) is 9.33. The molecule has 0 bridgehead atoms. The number of ketones is 1. The summed E-state index contributed by atoms with van der Waals surface area (Å²) in [7, 11) is 1.61. The number of rotatable bonds is 7. The lowest BCUT2D eigenvalue weighted by Gasteiger charge is -2.28. The largest absolute Gasteiger partial charge is 0.496 e.